The Morgan fingerprint density at radius 3 is 2.79 bits per heavy atom. The van der Waals surface area contributed by atoms with Crippen molar-refractivity contribution in [1.82, 2.24) is 0 Å². The smallest absolute Gasteiger partial charge is 0.335 e. The zero-order chi connectivity index (χ0) is 10.3. The lowest BCUT2D eigenvalue weighted by molar-refractivity contribution is 0.0697. The second-order valence-corrected chi connectivity index (χ2v) is 4.76. The molecule has 0 atom stereocenters. The molecular weight excluding hydrogens is 206 g/mol. The summed E-state index contributed by atoms with van der Waals surface area (Å²) in [6.07, 6.45) is 0. The number of benzene rings is 1. The fraction of sp³-hybridized carbons (Fsp3) is 0.125. The molecule has 14 heavy (non-hydrogen) atoms. The Bertz CT molecular complexity index is 506. The Kier molecular flexibility index (Phi) is 1.75. The first-order valence-electron chi connectivity index (χ1n) is 3.85. The van der Waals surface area contributed by atoms with Crippen LogP contribution in [-0.2, 0) is 15.8 Å². The van der Waals surface area contributed by atoms with Gasteiger partial charge in [-0.25, -0.2) is 13.2 Å². The van der Waals surface area contributed by atoms with Gasteiger partial charge in [0.25, 0.3) is 0 Å². The van der Waals surface area contributed by atoms with Crippen LogP contribution in [0.1, 0.15) is 15.9 Å². The Labute approximate surface area is 80.4 Å². The molecule has 0 unspecified atom stereocenters. The predicted octanol–water partition coefficient (Wildman–Crippen LogP) is 0.640. The number of fused-ring (bicyclic) bond motifs is 1. The van der Waals surface area contributed by atoms with Gasteiger partial charge in [0.1, 0.15) is 0 Å². The van der Waals surface area contributed by atoms with E-state index in [2.05, 4.69) is 4.72 Å². The molecule has 74 valence electrons. The van der Waals surface area contributed by atoms with Crippen LogP contribution in [0.5, 0.6) is 0 Å². The van der Waals surface area contributed by atoms with Crippen molar-refractivity contribution in [2.75, 3.05) is 4.72 Å². The normalized spacial score (nSPS) is 17.1. The molecule has 0 saturated heterocycles. The Hall–Kier alpha value is -1.56. The van der Waals surface area contributed by atoms with Crippen LogP contribution < -0.4 is 4.72 Å². The Morgan fingerprint density at radius 2 is 2.14 bits per heavy atom. The number of aromatic carboxylic acids is 1. The monoisotopic (exact) mass is 213 g/mol. The molecule has 2 N–H and O–H groups in total. The fourth-order valence-electron chi connectivity index (χ4n) is 1.34. The van der Waals surface area contributed by atoms with Gasteiger partial charge in [-0.3, -0.25) is 4.72 Å². The van der Waals surface area contributed by atoms with E-state index in [1.165, 1.54) is 18.2 Å². The Balaban J connectivity index is 2.50. The van der Waals surface area contributed by atoms with Crippen LogP contribution in [0.3, 0.4) is 0 Å². The van der Waals surface area contributed by atoms with Gasteiger partial charge in [-0.2, -0.15) is 0 Å². The van der Waals surface area contributed by atoms with E-state index >= 15 is 0 Å². The van der Waals surface area contributed by atoms with Crippen molar-refractivity contribution in [3.63, 3.8) is 0 Å². The standard InChI is InChI=1S/C8H7NO4S/c10-8(11)5-1-2-6-4-14(12,13)9-7(6)3-5/h1-3,9H,4H2,(H,10,11). The van der Waals surface area contributed by atoms with Gasteiger partial charge in [0, 0.05) is 0 Å². The van der Waals surface area contributed by atoms with E-state index < -0.39 is 16.0 Å². The quantitative estimate of drug-likeness (QED) is 0.717. The van der Waals surface area contributed by atoms with Crippen molar-refractivity contribution in [1.29, 1.82) is 0 Å². The lowest BCUT2D eigenvalue weighted by Crippen LogP contribution is -2.05. The van der Waals surface area contributed by atoms with Crippen LogP contribution in [-0.4, -0.2) is 19.5 Å². The topological polar surface area (TPSA) is 83.5 Å². The number of nitrogens with one attached hydrogen (secondary N) is 1. The van der Waals surface area contributed by atoms with Gasteiger partial charge in [-0.15, -0.1) is 0 Å². The van der Waals surface area contributed by atoms with E-state index in [4.69, 9.17) is 5.11 Å². The molecule has 1 aliphatic heterocycles. The molecule has 0 fully saturated rings. The molecule has 1 aromatic carbocycles. The first-order chi connectivity index (χ1) is 6.48. The summed E-state index contributed by atoms with van der Waals surface area (Å²) in [5.74, 6) is -1.15. The van der Waals surface area contributed by atoms with E-state index in [0.29, 0.717) is 11.3 Å². The maximum atomic E-state index is 11.1. The van der Waals surface area contributed by atoms with Crippen LogP contribution in [0.25, 0.3) is 0 Å². The first-order valence-corrected chi connectivity index (χ1v) is 5.50. The maximum absolute atomic E-state index is 11.1. The van der Waals surface area contributed by atoms with Crippen LogP contribution in [0.15, 0.2) is 18.2 Å². The number of carboxylic acid groups (broad SMARTS) is 1. The van der Waals surface area contributed by atoms with E-state index in [0.717, 1.165) is 0 Å². The SMILES string of the molecule is O=C(O)c1ccc2c(c1)NS(=O)(=O)C2. The summed E-state index contributed by atoms with van der Waals surface area (Å²) in [6.45, 7) is 0. The van der Waals surface area contributed by atoms with Crippen LogP contribution >= 0.6 is 0 Å². The largest absolute Gasteiger partial charge is 0.478 e. The van der Waals surface area contributed by atoms with Crippen molar-refractivity contribution in [3.05, 3.63) is 29.3 Å². The highest BCUT2D eigenvalue weighted by Crippen LogP contribution is 2.27. The zero-order valence-electron chi connectivity index (χ0n) is 7.02. The molecule has 6 heteroatoms. The average molecular weight is 213 g/mol. The third-order valence-electron chi connectivity index (χ3n) is 1.97. The lowest BCUT2D eigenvalue weighted by atomic mass is 10.1. The van der Waals surface area contributed by atoms with Gasteiger partial charge in [-0.1, -0.05) is 6.07 Å². The molecule has 0 saturated carbocycles. The second-order valence-electron chi connectivity index (χ2n) is 3.04. The molecular formula is C8H7NO4S. The van der Waals surface area contributed by atoms with Gasteiger partial charge in [0.15, 0.2) is 0 Å². The molecule has 0 aromatic heterocycles. The third kappa shape index (κ3) is 1.44. The molecule has 0 radical (unpaired) electrons. The average Bonchev–Trinajstić information content (AvgIpc) is 2.36. The summed E-state index contributed by atoms with van der Waals surface area (Å²) in [5, 5.41) is 8.67. The van der Waals surface area contributed by atoms with Crippen molar-refractivity contribution in [3.8, 4) is 0 Å². The van der Waals surface area contributed by atoms with Gasteiger partial charge in [-0.05, 0) is 17.7 Å². The van der Waals surface area contributed by atoms with Crippen LogP contribution in [0.4, 0.5) is 5.69 Å². The summed E-state index contributed by atoms with van der Waals surface area (Å²) >= 11 is 0. The summed E-state index contributed by atoms with van der Waals surface area (Å²) in [5.41, 5.74) is 1.05. The minimum Gasteiger partial charge on any atom is -0.478 e. The molecule has 1 aliphatic rings. The molecule has 0 amide bonds. The molecule has 1 aromatic rings. The number of anilines is 1. The lowest BCUT2D eigenvalue weighted by Gasteiger charge is -1.98. The van der Waals surface area contributed by atoms with E-state index in [-0.39, 0.29) is 11.3 Å². The number of carboxylic acids is 1. The molecule has 2 rings (SSSR count). The van der Waals surface area contributed by atoms with Crippen LogP contribution in [0.2, 0.25) is 0 Å². The summed E-state index contributed by atoms with van der Waals surface area (Å²) in [7, 11) is -3.29. The van der Waals surface area contributed by atoms with Gasteiger partial charge in [0.05, 0.1) is 17.0 Å². The highest BCUT2D eigenvalue weighted by Gasteiger charge is 2.24. The summed E-state index contributed by atoms with van der Waals surface area (Å²) in [6, 6.07) is 4.22. The van der Waals surface area contributed by atoms with Crippen molar-refractivity contribution in [2.45, 2.75) is 5.75 Å². The van der Waals surface area contributed by atoms with Crippen molar-refractivity contribution >= 4 is 21.7 Å². The van der Waals surface area contributed by atoms with Gasteiger partial charge < -0.3 is 5.11 Å². The fourth-order valence-corrected chi connectivity index (χ4v) is 2.60. The molecule has 5 nitrogen and oxygen atoms in total. The van der Waals surface area contributed by atoms with E-state index in [1.807, 2.05) is 0 Å². The van der Waals surface area contributed by atoms with E-state index in [1.54, 1.807) is 0 Å². The molecule has 0 bridgehead atoms. The minimum absolute atomic E-state index is 0.0772. The van der Waals surface area contributed by atoms with E-state index in [9.17, 15) is 13.2 Å². The third-order valence-corrected chi connectivity index (χ3v) is 3.19. The van der Waals surface area contributed by atoms with Gasteiger partial charge >= 0.3 is 5.97 Å². The molecule has 0 aliphatic carbocycles. The highest BCUT2D eigenvalue weighted by molar-refractivity contribution is 7.92. The predicted molar refractivity (Wildman–Crippen MR) is 49.6 cm³/mol. The number of sulfonamides is 1. The van der Waals surface area contributed by atoms with Crippen molar-refractivity contribution in [2.24, 2.45) is 0 Å². The molecule has 1 heterocycles. The summed E-state index contributed by atoms with van der Waals surface area (Å²) < 4.78 is 24.5. The summed E-state index contributed by atoms with van der Waals surface area (Å²) in [4.78, 5) is 10.6. The number of hydrogen-bond donors (Lipinski definition) is 2. The Morgan fingerprint density at radius 1 is 1.43 bits per heavy atom. The maximum Gasteiger partial charge on any atom is 0.335 e. The minimum atomic E-state index is -3.29. The van der Waals surface area contributed by atoms with Crippen molar-refractivity contribution < 1.29 is 18.3 Å². The number of carbonyl (C=O) groups is 1. The number of rotatable bonds is 1. The first kappa shape index (κ1) is 9.01. The van der Waals surface area contributed by atoms with Gasteiger partial charge in [0.2, 0.25) is 10.0 Å². The highest BCUT2D eigenvalue weighted by atomic mass is 32.2. The number of hydrogen-bond acceptors (Lipinski definition) is 3. The second kappa shape index (κ2) is 2.71. The van der Waals surface area contributed by atoms with Crippen LogP contribution in [0, 0.1) is 0 Å². The zero-order valence-corrected chi connectivity index (χ0v) is 7.84. The molecule has 0 spiro atoms.